The van der Waals surface area contributed by atoms with Gasteiger partial charge in [0.25, 0.3) is 5.91 Å². The number of carbonyl (C=O) groups is 1. The number of carbonyl (C=O) groups excluding carboxylic acids is 1. The summed E-state index contributed by atoms with van der Waals surface area (Å²) in [7, 11) is 0. The molecule has 0 bridgehead atoms. The van der Waals surface area contributed by atoms with Crippen molar-refractivity contribution < 1.29 is 4.79 Å². The number of anilines is 1. The van der Waals surface area contributed by atoms with Crippen molar-refractivity contribution in [1.82, 2.24) is 14.8 Å². The monoisotopic (exact) mass is 240 g/mol. The van der Waals surface area contributed by atoms with Crippen molar-refractivity contribution in [3.63, 3.8) is 0 Å². The molecular weight excluding hydrogens is 235 g/mol. The molecule has 0 aromatic carbocycles. The van der Waals surface area contributed by atoms with Crippen molar-refractivity contribution in [3.8, 4) is 0 Å². The summed E-state index contributed by atoms with van der Waals surface area (Å²) in [4.78, 5) is 13.8. The molecule has 0 aliphatic carbocycles. The molecule has 1 heterocycles. The Labute approximate surface area is 88.6 Å². The van der Waals surface area contributed by atoms with E-state index < -0.39 is 10.7 Å². The number of nitrogens with zero attached hydrogens (tertiary/aromatic N) is 3. The third kappa shape index (κ3) is 2.26. The number of alkyl halides is 2. The van der Waals surface area contributed by atoms with Gasteiger partial charge in [0.1, 0.15) is 0 Å². The first-order valence-corrected chi connectivity index (χ1v) is 5.25. The van der Waals surface area contributed by atoms with E-state index in [0.717, 1.165) is 4.68 Å². The predicted octanol–water partition coefficient (Wildman–Crippen LogP) is 1.03. The minimum Gasteiger partial charge on any atom is -0.368 e. The van der Waals surface area contributed by atoms with Crippen LogP contribution in [0.4, 0.5) is 5.95 Å². The van der Waals surface area contributed by atoms with Crippen LogP contribution in [0.1, 0.15) is 4.79 Å². The van der Waals surface area contributed by atoms with Crippen LogP contribution in [-0.2, 0) is 0 Å². The zero-order chi connectivity index (χ0) is 10.0. The molecule has 0 saturated heterocycles. The summed E-state index contributed by atoms with van der Waals surface area (Å²) in [5, 5.41) is 4.18. The highest BCUT2D eigenvalue weighted by Gasteiger charge is 2.19. The van der Waals surface area contributed by atoms with Crippen molar-refractivity contribution in [1.29, 1.82) is 0 Å². The summed E-state index contributed by atoms with van der Waals surface area (Å²) in [6.45, 7) is 0. The molecule has 0 unspecified atom stereocenters. The van der Waals surface area contributed by atoms with Gasteiger partial charge in [0.15, 0.2) is 4.84 Å². The van der Waals surface area contributed by atoms with Crippen LogP contribution in [0, 0.1) is 0 Å². The van der Waals surface area contributed by atoms with E-state index in [1.165, 1.54) is 11.8 Å². The highest BCUT2D eigenvalue weighted by atomic mass is 35.5. The Morgan fingerprint density at radius 2 is 2.31 bits per heavy atom. The van der Waals surface area contributed by atoms with Gasteiger partial charge < -0.3 is 5.73 Å². The summed E-state index contributed by atoms with van der Waals surface area (Å²) in [6, 6.07) is 0. The Hall–Kier alpha value is -0.460. The number of hydrogen-bond acceptors (Lipinski definition) is 5. The molecular formula is C5H6Cl2N4OS. The predicted molar refractivity (Wildman–Crippen MR) is 52.3 cm³/mol. The van der Waals surface area contributed by atoms with Crippen LogP contribution in [0.5, 0.6) is 0 Å². The number of rotatable bonds is 2. The first kappa shape index (κ1) is 10.6. The second kappa shape index (κ2) is 4.17. The van der Waals surface area contributed by atoms with Gasteiger partial charge in [-0.1, -0.05) is 35.0 Å². The standard InChI is InChI=1S/C5H6Cl2N4OS/c1-13-5-9-4(8)11(10-5)3(12)2(6)7/h2H,1H3,(H2,8,9,10). The average molecular weight is 241 g/mol. The quantitative estimate of drug-likeness (QED) is 0.618. The Kier molecular flexibility index (Phi) is 3.40. The van der Waals surface area contributed by atoms with Crippen LogP contribution in [-0.4, -0.2) is 31.8 Å². The van der Waals surface area contributed by atoms with Gasteiger partial charge in [0.05, 0.1) is 0 Å². The molecule has 13 heavy (non-hydrogen) atoms. The van der Waals surface area contributed by atoms with E-state index in [0.29, 0.717) is 5.16 Å². The van der Waals surface area contributed by atoms with Crippen LogP contribution in [0.15, 0.2) is 5.16 Å². The molecule has 0 atom stereocenters. The van der Waals surface area contributed by atoms with Gasteiger partial charge in [-0.3, -0.25) is 4.79 Å². The lowest BCUT2D eigenvalue weighted by molar-refractivity contribution is 0.0915. The molecule has 2 N–H and O–H groups in total. The van der Waals surface area contributed by atoms with Crippen molar-refractivity contribution in [2.75, 3.05) is 12.0 Å². The molecule has 0 amide bonds. The van der Waals surface area contributed by atoms with E-state index in [9.17, 15) is 4.79 Å². The van der Waals surface area contributed by atoms with E-state index in [2.05, 4.69) is 10.1 Å². The zero-order valence-corrected chi connectivity index (χ0v) is 8.90. The van der Waals surface area contributed by atoms with Gasteiger partial charge in [-0.15, -0.1) is 5.10 Å². The third-order valence-corrected chi connectivity index (χ3v) is 2.10. The second-order valence-electron chi connectivity index (χ2n) is 2.01. The lowest BCUT2D eigenvalue weighted by atomic mass is 10.7. The van der Waals surface area contributed by atoms with Crippen LogP contribution in [0.2, 0.25) is 0 Å². The molecule has 72 valence electrons. The van der Waals surface area contributed by atoms with E-state index in [1.807, 2.05) is 0 Å². The average Bonchev–Trinajstić information content (AvgIpc) is 2.45. The maximum absolute atomic E-state index is 11.2. The smallest absolute Gasteiger partial charge is 0.283 e. The summed E-state index contributed by atoms with van der Waals surface area (Å²) < 4.78 is 0.885. The van der Waals surface area contributed by atoms with Gasteiger partial charge in [-0.25, -0.2) is 0 Å². The van der Waals surface area contributed by atoms with Crippen LogP contribution in [0.25, 0.3) is 0 Å². The number of aromatic nitrogens is 3. The lowest BCUT2D eigenvalue weighted by Crippen LogP contribution is -2.21. The fraction of sp³-hybridized carbons (Fsp3) is 0.400. The maximum atomic E-state index is 11.2. The molecule has 8 heteroatoms. The van der Waals surface area contributed by atoms with Gasteiger partial charge in [-0.05, 0) is 6.26 Å². The molecule has 0 saturated carbocycles. The minimum atomic E-state index is -1.18. The van der Waals surface area contributed by atoms with Crippen LogP contribution >= 0.6 is 35.0 Å². The van der Waals surface area contributed by atoms with Crippen LogP contribution < -0.4 is 5.73 Å². The second-order valence-corrected chi connectivity index (χ2v) is 3.88. The molecule has 0 aliphatic rings. The summed E-state index contributed by atoms with van der Waals surface area (Å²) >= 11 is 12.0. The van der Waals surface area contributed by atoms with Gasteiger partial charge >= 0.3 is 0 Å². The van der Waals surface area contributed by atoms with Gasteiger partial charge in [0.2, 0.25) is 11.1 Å². The Bertz CT molecular complexity index is 326. The number of hydrogen-bond donors (Lipinski definition) is 1. The Morgan fingerprint density at radius 3 is 2.69 bits per heavy atom. The van der Waals surface area contributed by atoms with E-state index in [4.69, 9.17) is 28.9 Å². The molecule has 0 radical (unpaired) electrons. The third-order valence-electron chi connectivity index (χ3n) is 1.19. The molecule has 1 rings (SSSR count). The summed E-state index contributed by atoms with van der Waals surface area (Å²) in [5.74, 6) is -0.616. The molecule has 5 nitrogen and oxygen atoms in total. The SMILES string of the molecule is CSc1nc(N)n(C(=O)C(Cl)Cl)n1. The lowest BCUT2D eigenvalue weighted by Gasteiger charge is -1.99. The number of halogens is 2. The first-order valence-electron chi connectivity index (χ1n) is 3.15. The molecule has 1 aromatic heterocycles. The van der Waals surface area contributed by atoms with Crippen molar-refractivity contribution in [3.05, 3.63) is 0 Å². The Balaban J connectivity index is 3.00. The summed E-state index contributed by atoms with van der Waals surface area (Å²) in [5.41, 5.74) is 5.39. The van der Waals surface area contributed by atoms with Crippen molar-refractivity contribution in [2.24, 2.45) is 0 Å². The normalized spacial score (nSPS) is 10.8. The molecule has 0 spiro atoms. The van der Waals surface area contributed by atoms with E-state index in [-0.39, 0.29) is 5.95 Å². The number of nitrogen functional groups attached to an aromatic ring is 1. The van der Waals surface area contributed by atoms with Gasteiger partial charge in [0, 0.05) is 0 Å². The van der Waals surface area contributed by atoms with E-state index >= 15 is 0 Å². The zero-order valence-electron chi connectivity index (χ0n) is 6.57. The minimum absolute atomic E-state index is 0.0133. The topological polar surface area (TPSA) is 73.8 Å². The number of nitrogens with two attached hydrogens (primary N) is 1. The highest BCUT2D eigenvalue weighted by molar-refractivity contribution is 7.98. The molecule has 1 aromatic rings. The molecule has 0 fully saturated rings. The Morgan fingerprint density at radius 1 is 1.69 bits per heavy atom. The number of thioether (sulfide) groups is 1. The van der Waals surface area contributed by atoms with Crippen LogP contribution in [0.3, 0.4) is 0 Å². The largest absolute Gasteiger partial charge is 0.368 e. The van der Waals surface area contributed by atoms with E-state index in [1.54, 1.807) is 6.26 Å². The fourth-order valence-electron chi connectivity index (χ4n) is 0.646. The highest BCUT2D eigenvalue weighted by Crippen LogP contribution is 2.13. The molecule has 0 aliphatic heterocycles. The van der Waals surface area contributed by atoms with Crippen molar-refractivity contribution in [2.45, 2.75) is 9.99 Å². The summed E-state index contributed by atoms with van der Waals surface area (Å²) in [6.07, 6.45) is 1.77. The van der Waals surface area contributed by atoms with Gasteiger partial charge in [-0.2, -0.15) is 9.67 Å². The maximum Gasteiger partial charge on any atom is 0.283 e. The fourth-order valence-corrected chi connectivity index (χ4v) is 1.18. The first-order chi connectivity index (χ1) is 6.06. The van der Waals surface area contributed by atoms with Crippen molar-refractivity contribution >= 4 is 46.8 Å².